The summed E-state index contributed by atoms with van der Waals surface area (Å²) < 4.78 is 24.8. The second-order valence-electron chi connectivity index (χ2n) is 6.42. The Morgan fingerprint density at radius 1 is 1.14 bits per heavy atom. The zero-order chi connectivity index (χ0) is 20.3. The summed E-state index contributed by atoms with van der Waals surface area (Å²) in [6.07, 6.45) is 0.723. The van der Waals surface area contributed by atoms with Crippen molar-refractivity contribution < 1.29 is 8.42 Å². The van der Waals surface area contributed by atoms with E-state index in [1.54, 1.807) is 21.0 Å². The first-order valence-corrected chi connectivity index (χ1v) is 11.1. The van der Waals surface area contributed by atoms with Gasteiger partial charge in [-0.15, -0.1) is 24.0 Å². The molecule has 2 N–H and O–H groups in total. The highest BCUT2D eigenvalue weighted by Gasteiger charge is 2.14. The molecule has 0 aromatic heterocycles. The number of hydrogen-bond donors (Lipinski definition) is 2. The third kappa shape index (κ3) is 9.42. The second kappa shape index (κ2) is 14.0. The van der Waals surface area contributed by atoms with Crippen LogP contribution in [0, 0.1) is 6.92 Å². The summed E-state index contributed by atoms with van der Waals surface area (Å²) in [5.74, 6) is 0.867. The zero-order valence-electron chi connectivity index (χ0n) is 17.7. The lowest BCUT2D eigenvalue weighted by molar-refractivity contribution is 0.461. The van der Waals surface area contributed by atoms with Gasteiger partial charge >= 0.3 is 0 Å². The van der Waals surface area contributed by atoms with Gasteiger partial charge in [-0.25, -0.2) is 12.7 Å². The van der Waals surface area contributed by atoms with Crippen molar-refractivity contribution in [3.8, 4) is 0 Å². The molecule has 0 spiro atoms. The Balaban J connectivity index is 0.00000729. The number of benzene rings is 1. The standard InChI is InChI=1S/C19H35N5O2S.HI/c1-6-24(18-11-8-10-17(3)16-18)15-13-22-19(20-4)21-12-9-14-23(5)27(25,26)7-2;/h8,10-11,16H,6-7,9,12-15H2,1-5H3,(H2,20,21,22);1H. The maximum Gasteiger partial charge on any atom is 0.213 e. The summed E-state index contributed by atoms with van der Waals surface area (Å²) in [6.45, 7) is 9.65. The van der Waals surface area contributed by atoms with E-state index in [0.29, 0.717) is 13.1 Å². The van der Waals surface area contributed by atoms with Crippen LogP contribution in [0.5, 0.6) is 0 Å². The lowest BCUT2D eigenvalue weighted by Gasteiger charge is -2.24. The van der Waals surface area contributed by atoms with Crippen molar-refractivity contribution in [1.82, 2.24) is 14.9 Å². The summed E-state index contributed by atoms with van der Waals surface area (Å²) in [4.78, 5) is 6.54. The lowest BCUT2D eigenvalue weighted by atomic mass is 10.2. The fourth-order valence-electron chi connectivity index (χ4n) is 2.69. The van der Waals surface area contributed by atoms with Gasteiger partial charge in [-0.2, -0.15) is 0 Å². The van der Waals surface area contributed by atoms with E-state index in [9.17, 15) is 8.42 Å². The Morgan fingerprint density at radius 2 is 1.82 bits per heavy atom. The first kappa shape index (κ1) is 26.9. The molecule has 1 rings (SSSR count). The van der Waals surface area contributed by atoms with Gasteiger partial charge in [0.1, 0.15) is 0 Å². The predicted octanol–water partition coefficient (Wildman–Crippen LogP) is 2.28. The summed E-state index contributed by atoms with van der Waals surface area (Å²) in [5.41, 5.74) is 2.48. The molecular weight excluding hydrogens is 489 g/mol. The zero-order valence-corrected chi connectivity index (χ0v) is 20.9. The highest BCUT2D eigenvalue weighted by atomic mass is 127. The van der Waals surface area contributed by atoms with Gasteiger partial charge < -0.3 is 15.5 Å². The van der Waals surface area contributed by atoms with Crippen LogP contribution in [0.3, 0.4) is 0 Å². The van der Waals surface area contributed by atoms with Crippen LogP contribution in [0.1, 0.15) is 25.8 Å². The number of sulfonamides is 1. The normalized spacial score (nSPS) is 11.9. The summed E-state index contributed by atoms with van der Waals surface area (Å²) in [6, 6.07) is 8.50. The second-order valence-corrected chi connectivity index (χ2v) is 8.78. The van der Waals surface area contributed by atoms with Gasteiger partial charge in [0.15, 0.2) is 5.96 Å². The Hall–Kier alpha value is -1.07. The van der Waals surface area contributed by atoms with Crippen molar-refractivity contribution in [2.45, 2.75) is 27.2 Å². The van der Waals surface area contributed by atoms with E-state index in [2.05, 4.69) is 58.6 Å². The van der Waals surface area contributed by atoms with Gasteiger partial charge in [0.25, 0.3) is 0 Å². The molecule has 9 heteroatoms. The molecule has 1 aromatic carbocycles. The molecule has 162 valence electrons. The van der Waals surface area contributed by atoms with E-state index >= 15 is 0 Å². The van der Waals surface area contributed by atoms with Crippen LogP contribution < -0.4 is 15.5 Å². The number of likely N-dealkylation sites (N-methyl/N-ethyl adjacent to an activating group) is 1. The molecule has 0 saturated carbocycles. The summed E-state index contributed by atoms with van der Waals surface area (Å²) in [7, 11) is 0.252. The monoisotopic (exact) mass is 525 g/mol. The molecule has 1 aromatic rings. The van der Waals surface area contributed by atoms with Crippen molar-refractivity contribution in [1.29, 1.82) is 0 Å². The van der Waals surface area contributed by atoms with Crippen molar-refractivity contribution in [3.63, 3.8) is 0 Å². The minimum atomic E-state index is -3.11. The number of nitrogens with zero attached hydrogens (tertiary/aromatic N) is 3. The number of anilines is 1. The Kier molecular flexibility index (Phi) is 13.5. The average molecular weight is 526 g/mol. The average Bonchev–Trinajstić information content (AvgIpc) is 2.66. The van der Waals surface area contributed by atoms with Gasteiger partial charge in [-0.1, -0.05) is 12.1 Å². The molecule has 28 heavy (non-hydrogen) atoms. The van der Waals surface area contributed by atoms with Crippen LogP contribution in [0.2, 0.25) is 0 Å². The highest BCUT2D eigenvalue weighted by Crippen LogP contribution is 2.14. The van der Waals surface area contributed by atoms with E-state index in [-0.39, 0.29) is 29.7 Å². The molecular formula is C19H36IN5O2S. The van der Waals surface area contributed by atoms with Crippen LogP contribution >= 0.6 is 24.0 Å². The molecule has 7 nitrogen and oxygen atoms in total. The first-order valence-electron chi connectivity index (χ1n) is 9.54. The minimum Gasteiger partial charge on any atom is -0.370 e. The molecule has 0 atom stereocenters. The molecule has 0 saturated heterocycles. The summed E-state index contributed by atoms with van der Waals surface area (Å²) in [5, 5.41) is 6.55. The minimum absolute atomic E-state index is 0. The largest absolute Gasteiger partial charge is 0.370 e. The molecule has 0 aliphatic heterocycles. The Morgan fingerprint density at radius 3 is 2.39 bits per heavy atom. The molecule has 0 unspecified atom stereocenters. The summed E-state index contributed by atoms with van der Waals surface area (Å²) >= 11 is 0. The number of guanidine groups is 1. The van der Waals surface area contributed by atoms with Crippen molar-refractivity contribution in [2.24, 2.45) is 4.99 Å². The molecule has 0 aliphatic rings. The molecule has 0 heterocycles. The van der Waals surface area contributed by atoms with Gasteiger partial charge in [0, 0.05) is 52.5 Å². The van der Waals surface area contributed by atoms with Crippen LogP contribution in [-0.4, -0.2) is 71.3 Å². The third-order valence-electron chi connectivity index (χ3n) is 4.43. The highest BCUT2D eigenvalue weighted by molar-refractivity contribution is 14.0. The van der Waals surface area contributed by atoms with E-state index < -0.39 is 10.0 Å². The number of nitrogens with one attached hydrogen (secondary N) is 2. The quantitative estimate of drug-likeness (QED) is 0.201. The van der Waals surface area contributed by atoms with Crippen molar-refractivity contribution >= 4 is 45.6 Å². The Labute approximate surface area is 188 Å². The number of rotatable bonds is 11. The number of aryl methyl sites for hydroxylation is 1. The lowest BCUT2D eigenvalue weighted by Crippen LogP contribution is -2.42. The first-order chi connectivity index (χ1) is 12.8. The maximum atomic E-state index is 11.7. The van der Waals surface area contributed by atoms with Crippen LogP contribution in [0.4, 0.5) is 5.69 Å². The van der Waals surface area contributed by atoms with E-state index in [0.717, 1.165) is 32.0 Å². The molecule has 0 fully saturated rings. The van der Waals surface area contributed by atoms with Gasteiger partial charge in [-0.3, -0.25) is 4.99 Å². The van der Waals surface area contributed by atoms with Crippen molar-refractivity contribution in [2.75, 3.05) is 57.5 Å². The molecule has 0 radical (unpaired) electrons. The van der Waals surface area contributed by atoms with Crippen LogP contribution in [0.15, 0.2) is 29.3 Å². The maximum absolute atomic E-state index is 11.7. The Bertz CT molecular complexity index is 697. The SMILES string of the molecule is CCN(CCNC(=NC)NCCCN(C)S(=O)(=O)CC)c1cccc(C)c1.I. The smallest absolute Gasteiger partial charge is 0.213 e. The topological polar surface area (TPSA) is 77.0 Å². The molecule has 0 aliphatic carbocycles. The molecule has 0 amide bonds. The molecule has 0 bridgehead atoms. The van der Waals surface area contributed by atoms with Crippen LogP contribution in [0.25, 0.3) is 0 Å². The number of halogens is 1. The van der Waals surface area contributed by atoms with E-state index in [1.807, 2.05) is 0 Å². The third-order valence-corrected chi connectivity index (χ3v) is 6.29. The predicted molar refractivity (Wildman–Crippen MR) is 131 cm³/mol. The van der Waals surface area contributed by atoms with E-state index in [1.165, 1.54) is 15.6 Å². The van der Waals surface area contributed by atoms with E-state index in [4.69, 9.17) is 0 Å². The van der Waals surface area contributed by atoms with Gasteiger partial charge in [0.2, 0.25) is 10.0 Å². The fourth-order valence-corrected chi connectivity index (χ4v) is 3.54. The van der Waals surface area contributed by atoms with Gasteiger partial charge in [0.05, 0.1) is 5.75 Å². The van der Waals surface area contributed by atoms with Gasteiger partial charge in [-0.05, 0) is 44.9 Å². The van der Waals surface area contributed by atoms with Crippen LogP contribution in [-0.2, 0) is 10.0 Å². The van der Waals surface area contributed by atoms with Crippen molar-refractivity contribution in [3.05, 3.63) is 29.8 Å². The number of hydrogen-bond acceptors (Lipinski definition) is 4. The number of aliphatic imine (C=N–C) groups is 1. The fraction of sp³-hybridized carbons (Fsp3) is 0.632.